The number of alkyl halides is 3. The third kappa shape index (κ3) is 6.61. The first-order chi connectivity index (χ1) is 12.9. The van der Waals surface area contributed by atoms with E-state index < -0.39 is 12.8 Å². The molecule has 3 rings (SSSR count). The molecule has 1 aromatic carbocycles. The van der Waals surface area contributed by atoms with Crippen molar-refractivity contribution in [2.75, 3.05) is 32.8 Å². The lowest BCUT2D eigenvalue weighted by molar-refractivity contribution is -0.153. The van der Waals surface area contributed by atoms with Gasteiger partial charge in [-0.1, -0.05) is 12.1 Å². The molecule has 2 aliphatic rings. The topological polar surface area (TPSA) is 50.8 Å². The van der Waals surface area contributed by atoms with E-state index in [0.29, 0.717) is 19.1 Å². The molecular weight excluding hydrogens is 361 g/mol. The van der Waals surface area contributed by atoms with Gasteiger partial charge in [-0.2, -0.15) is 13.2 Å². The third-order valence-corrected chi connectivity index (χ3v) is 4.83. The van der Waals surface area contributed by atoms with Crippen LogP contribution in [0.25, 0.3) is 0 Å². The molecule has 1 N–H and O–H groups in total. The number of para-hydroxylation sites is 2. The molecule has 1 amide bonds. The van der Waals surface area contributed by atoms with E-state index in [1.165, 1.54) is 25.0 Å². The minimum atomic E-state index is -4.43. The Morgan fingerprint density at radius 3 is 2.30 bits per heavy atom. The number of nitrogens with zero attached hydrogens (tertiary/aromatic N) is 1. The largest absolute Gasteiger partial charge is 0.480 e. The summed E-state index contributed by atoms with van der Waals surface area (Å²) in [6.45, 7) is 0.777. The molecule has 0 unspecified atom stereocenters. The maximum atomic E-state index is 12.3. The van der Waals surface area contributed by atoms with Gasteiger partial charge in [-0.25, -0.2) is 0 Å². The molecule has 0 atom stereocenters. The summed E-state index contributed by atoms with van der Waals surface area (Å²) in [4.78, 5) is 14.1. The second-order valence-corrected chi connectivity index (χ2v) is 7.15. The van der Waals surface area contributed by atoms with Crippen LogP contribution in [0.3, 0.4) is 0 Å². The molecule has 8 heteroatoms. The number of ether oxygens (including phenoxy) is 2. The number of carbonyl (C=O) groups excluding carboxylic acids is 1. The van der Waals surface area contributed by atoms with E-state index in [2.05, 4.69) is 5.32 Å². The summed E-state index contributed by atoms with van der Waals surface area (Å²) in [5, 5.41) is 3.56. The number of nitrogens with one attached hydrogen (secondary N) is 1. The van der Waals surface area contributed by atoms with Crippen molar-refractivity contribution in [3.8, 4) is 11.5 Å². The molecule has 1 aliphatic heterocycles. The number of rotatable bonds is 8. The summed E-state index contributed by atoms with van der Waals surface area (Å²) in [7, 11) is 0. The molecule has 27 heavy (non-hydrogen) atoms. The average Bonchev–Trinajstić information content (AvgIpc) is 3.47. The van der Waals surface area contributed by atoms with Gasteiger partial charge in [0.2, 0.25) is 0 Å². The fourth-order valence-electron chi connectivity index (χ4n) is 3.07. The van der Waals surface area contributed by atoms with Crippen LogP contribution < -0.4 is 14.8 Å². The quantitative estimate of drug-likeness (QED) is 0.746. The van der Waals surface area contributed by atoms with Crippen LogP contribution in [0.15, 0.2) is 24.3 Å². The molecule has 150 valence electrons. The van der Waals surface area contributed by atoms with Crippen molar-refractivity contribution in [1.82, 2.24) is 10.2 Å². The number of hydrogen-bond donors (Lipinski definition) is 1. The summed E-state index contributed by atoms with van der Waals surface area (Å²) in [5.41, 5.74) is 0. The summed E-state index contributed by atoms with van der Waals surface area (Å²) in [5.74, 6) is 0.778. The SMILES string of the molecule is O=C(COc1ccccc1OCC(F)(F)F)N1CCC(NCC2CC2)CC1. The molecule has 0 radical (unpaired) electrons. The molecule has 0 aromatic heterocycles. The minimum absolute atomic E-state index is 0.0226. The smallest absolute Gasteiger partial charge is 0.422 e. The monoisotopic (exact) mass is 386 g/mol. The fraction of sp³-hybridized carbons (Fsp3) is 0.632. The summed E-state index contributed by atoms with van der Waals surface area (Å²) >= 11 is 0. The molecule has 1 saturated carbocycles. The van der Waals surface area contributed by atoms with Crippen molar-refractivity contribution in [3.05, 3.63) is 24.3 Å². The van der Waals surface area contributed by atoms with Crippen molar-refractivity contribution >= 4 is 5.91 Å². The summed E-state index contributed by atoms with van der Waals surface area (Å²) < 4.78 is 47.2. The maximum Gasteiger partial charge on any atom is 0.422 e. The van der Waals surface area contributed by atoms with Crippen LogP contribution in [0.5, 0.6) is 11.5 Å². The number of hydrogen-bond acceptors (Lipinski definition) is 4. The Balaban J connectivity index is 1.42. The van der Waals surface area contributed by atoms with Crippen LogP contribution in [0.4, 0.5) is 13.2 Å². The Bertz CT molecular complexity index is 627. The van der Waals surface area contributed by atoms with Crippen LogP contribution in [-0.2, 0) is 4.79 Å². The standard InChI is InChI=1S/C19H25F3N2O3/c20-19(21,22)13-27-17-4-2-1-3-16(17)26-12-18(25)24-9-7-15(8-10-24)23-11-14-5-6-14/h1-4,14-15,23H,5-13H2. The predicted octanol–water partition coefficient (Wildman–Crippen LogP) is 3.00. The van der Waals surface area contributed by atoms with Gasteiger partial charge in [0.1, 0.15) is 0 Å². The molecule has 0 bridgehead atoms. The molecule has 1 heterocycles. The van der Waals surface area contributed by atoms with Gasteiger partial charge >= 0.3 is 6.18 Å². The average molecular weight is 386 g/mol. The van der Waals surface area contributed by atoms with Gasteiger partial charge in [-0.05, 0) is 50.3 Å². The second kappa shape index (κ2) is 8.82. The first kappa shape index (κ1) is 19.8. The zero-order valence-electron chi connectivity index (χ0n) is 15.1. The van der Waals surface area contributed by atoms with Gasteiger partial charge in [0.05, 0.1) is 0 Å². The molecule has 0 spiro atoms. The van der Waals surface area contributed by atoms with Crippen molar-refractivity contribution in [2.45, 2.75) is 37.9 Å². The molecule has 1 aromatic rings. The number of piperidine rings is 1. The Hall–Kier alpha value is -1.96. The molecule has 1 aliphatic carbocycles. The van der Waals surface area contributed by atoms with Gasteiger partial charge in [0.25, 0.3) is 5.91 Å². The van der Waals surface area contributed by atoms with Crippen LogP contribution >= 0.6 is 0 Å². The Kier molecular flexibility index (Phi) is 6.46. The Morgan fingerprint density at radius 1 is 1.07 bits per heavy atom. The van der Waals surface area contributed by atoms with Crippen molar-refractivity contribution in [2.24, 2.45) is 5.92 Å². The lowest BCUT2D eigenvalue weighted by Gasteiger charge is -2.32. The van der Waals surface area contributed by atoms with Crippen LogP contribution in [0.2, 0.25) is 0 Å². The highest BCUT2D eigenvalue weighted by atomic mass is 19.4. The van der Waals surface area contributed by atoms with E-state index >= 15 is 0 Å². The van der Waals surface area contributed by atoms with Crippen LogP contribution in [-0.4, -0.2) is 55.9 Å². The number of halogens is 3. The highest BCUT2D eigenvalue weighted by Crippen LogP contribution is 2.29. The second-order valence-electron chi connectivity index (χ2n) is 7.15. The highest BCUT2D eigenvalue weighted by molar-refractivity contribution is 5.78. The van der Waals surface area contributed by atoms with Gasteiger partial charge < -0.3 is 19.7 Å². The van der Waals surface area contributed by atoms with Crippen LogP contribution in [0.1, 0.15) is 25.7 Å². The maximum absolute atomic E-state index is 12.3. The zero-order chi connectivity index (χ0) is 19.3. The third-order valence-electron chi connectivity index (χ3n) is 4.83. The van der Waals surface area contributed by atoms with Crippen molar-refractivity contribution in [1.29, 1.82) is 0 Å². The first-order valence-corrected chi connectivity index (χ1v) is 9.33. The summed E-state index contributed by atoms with van der Waals surface area (Å²) in [6.07, 6.45) is 0.0138. The van der Waals surface area contributed by atoms with Gasteiger partial charge in [-0.15, -0.1) is 0 Å². The molecule has 5 nitrogen and oxygen atoms in total. The highest BCUT2D eigenvalue weighted by Gasteiger charge is 2.29. The minimum Gasteiger partial charge on any atom is -0.480 e. The van der Waals surface area contributed by atoms with Crippen LogP contribution in [0, 0.1) is 5.92 Å². The lowest BCUT2D eigenvalue weighted by Crippen LogP contribution is -2.46. The van der Waals surface area contributed by atoms with Gasteiger partial charge in [0.15, 0.2) is 24.7 Å². The lowest BCUT2D eigenvalue weighted by atomic mass is 10.0. The molecule has 2 fully saturated rings. The van der Waals surface area contributed by atoms with E-state index in [9.17, 15) is 18.0 Å². The van der Waals surface area contributed by atoms with Crippen molar-refractivity contribution in [3.63, 3.8) is 0 Å². The fourth-order valence-corrected chi connectivity index (χ4v) is 3.07. The van der Waals surface area contributed by atoms with Gasteiger partial charge in [-0.3, -0.25) is 4.79 Å². The van der Waals surface area contributed by atoms with Gasteiger partial charge in [0, 0.05) is 19.1 Å². The molecular formula is C19H25F3N2O3. The number of amides is 1. The van der Waals surface area contributed by atoms with E-state index in [-0.39, 0.29) is 24.0 Å². The Labute approximate surface area is 156 Å². The molecule has 1 saturated heterocycles. The first-order valence-electron chi connectivity index (χ1n) is 9.33. The Morgan fingerprint density at radius 2 is 1.70 bits per heavy atom. The zero-order valence-corrected chi connectivity index (χ0v) is 15.1. The number of carbonyl (C=O) groups is 1. The number of likely N-dealkylation sites (tertiary alicyclic amines) is 1. The van der Waals surface area contributed by atoms with Crippen molar-refractivity contribution < 1.29 is 27.4 Å². The summed E-state index contributed by atoms with van der Waals surface area (Å²) in [6, 6.07) is 6.51. The van der Waals surface area contributed by atoms with E-state index in [1.54, 1.807) is 17.0 Å². The van der Waals surface area contributed by atoms with E-state index in [1.807, 2.05) is 0 Å². The normalized spacial score (nSPS) is 18.4. The predicted molar refractivity (Wildman–Crippen MR) is 93.8 cm³/mol. The number of benzene rings is 1. The van der Waals surface area contributed by atoms with E-state index in [4.69, 9.17) is 9.47 Å². The van der Waals surface area contributed by atoms with E-state index in [0.717, 1.165) is 25.3 Å².